The number of carbonyl (C=O) groups excluding carboxylic acids is 2. The number of halogens is 1. The summed E-state index contributed by atoms with van der Waals surface area (Å²) in [6.07, 6.45) is 2.81. The summed E-state index contributed by atoms with van der Waals surface area (Å²) < 4.78 is 0. The summed E-state index contributed by atoms with van der Waals surface area (Å²) >= 11 is 6.46. The molecule has 2 atom stereocenters. The molecule has 2 aromatic rings. The van der Waals surface area contributed by atoms with Gasteiger partial charge in [-0.3, -0.25) is 9.59 Å². The van der Waals surface area contributed by atoms with E-state index in [-0.39, 0.29) is 29.7 Å². The predicted octanol–water partition coefficient (Wildman–Crippen LogP) is 3.69. The maximum atomic E-state index is 13.5. The number of amides is 2. The molecule has 6 nitrogen and oxygen atoms in total. The second-order valence-electron chi connectivity index (χ2n) is 9.02. The van der Waals surface area contributed by atoms with Crippen molar-refractivity contribution in [2.45, 2.75) is 25.3 Å². The first kappa shape index (κ1) is 21.3. The third-order valence-corrected chi connectivity index (χ3v) is 7.10. The zero-order chi connectivity index (χ0) is 22.1. The highest BCUT2D eigenvalue weighted by Crippen LogP contribution is 2.33. The molecule has 3 fully saturated rings. The van der Waals surface area contributed by atoms with Crippen molar-refractivity contribution in [2.24, 2.45) is 11.8 Å². The number of nitrogens with one attached hydrogen (secondary N) is 2. The molecule has 3 aliphatic rings. The molecule has 0 spiro atoms. The normalized spacial score (nSPS) is 23.3. The van der Waals surface area contributed by atoms with Crippen LogP contribution >= 0.6 is 11.6 Å². The number of rotatable bonds is 5. The van der Waals surface area contributed by atoms with Gasteiger partial charge in [-0.05, 0) is 49.1 Å². The fraction of sp³-hybridized carbons (Fsp3) is 0.440. The van der Waals surface area contributed by atoms with Gasteiger partial charge in [0.2, 0.25) is 11.8 Å². The van der Waals surface area contributed by atoms with Gasteiger partial charge >= 0.3 is 0 Å². The number of carbonyl (C=O) groups is 2. The second-order valence-corrected chi connectivity index (χ2v) is 9.43. The quantitative estimate of drug-likeness (QED) is 0.726. The zero-order valence-corrected chi connectivity index (χ0v) is 18.9. The molecule has 7 heteroatoms. The second kappa shape index (κ2) is 9.12. The van der Waals surface area contributed by atoms with E-state index < -0.39 is 0 Å². The van der Waals surface area contributed by atoms with Gasteiger partial charge in [-0.25, -0.2) is 0 Å². The maximum absolute atomic E-state index is 13.5. The largest absolute Gasteiger partial charge is 0.371 e. The molecular formula is C25H29ClN4O2. The van der Waals surface area contributed by atoms with Gasteiger partial charge in [-0.2, -0.15) is 0 Å². The van der Waals surface area contributed by atoms with Crippen molar-refractivity contribution in [1.29, 1.82) is 0 Å². The Morgan fingerprint density at radius 3 is 2.66 bits per heavy atom. The van der Waals surface area contributed by atoms with Crippen LogP contribution in [0.2, 0.25) is 5.02 Å². The minimum Gasteiger partial charge on any atom is -0.371 e. The maximum Gasteiger partial charge on any atom is 0.228 e. The van der Waals surface area contributed by atoms with Crippen LogP contribution in [0.5, 0.6) is 0 Å². The average molecular weight is 453 g/mol. The van der Waals surface area contributed by atoms with Gasteiger partial charge in [0.15, 0.2) is 0 Å². The van der Waals surface area contributed by atoms with E-state index in [4.69, 9.17) is 11.6 Å². The molecule has 2 saturated heterocycles. The fourth-order valence-corrected chi connectivity index (χ4v) is 5.05. The van der Waals surface area contributed by atoms with Crippen LogP contribution in [-0.2, 0) is 9.59 Å². The van der Waals surface area contributed by atoms with Crippen molar-refractivity contribution >= 4 is 34.8 Å². The Labute approximate surface area is 193 Å². The van der Waals surface area contributed by atoms with E-state index in [1.54, 1.807) is 0 Å². The van der Waals surface area contributed by atoms with Crippen molar-refractivity contribution in [3.8, 4) is 0 Å². The average Bonchev–Trinajstić information content (AvgIpc) is 3.56. The van der Waals surface area contributed by atoms with E-state index in [0.29, 0.717) is 24.7 Å². The Morgan fingerprint density at radius 2 is 1.84 bits per heavy atom. The van der Waals surface area contributed by atoms with Crippen molar-refractivity contribution in [2.75, 3.05) is 42.9 Å². The minimum atomic E-state index is -0.0417. The molecule has 5 rings (SSSR count). The van der Waals surface area contributed by atoms with Gasteiger partial charge in [0, 0.05) is 55.0 Å². The van der Waals surface area contributed by atoms with Crippen LogP contribution in [0.15, 0.2) is 48.5 Å². The lowest BCUT2D eigenvalue weighted by atomic mass is 9.99. The summed E-state index contributed by atoms with van der Waals surface area (Å²) in [5.74, 6) is 0.457. The van der Waals surface area contributed by atoms with E-state index in [2.05, 4.69) is 21.6 Å². The topological polar surface area (TPSA) is 64.7 Å². The van der Waals surface area contributed by atoms with Crippen molar-refractivity contribution in [3.63, 3.8) is 0 Å². The molecule has 168 valence electrons. The molecule has 2 aliphatic heterocycles. The van der Waals surface area contributed by atoms with Crippen molar-refractivity contribution in [3.05, 3.63) is 59.1 Å². The van der Waals surface area contributed by atoms with E-state index in [1.165, 1.54) is 0 Å². The first-order chi connectivity index (χ1) is 15.6. The Hall–Kier alpha value is -2.57. The molecule has 2 amide bonds. The van der Waals surface area contributed by atoms with Crippen LogP contribution in [-0.4, -0.2) is 49.4 Å². The van der Waals surface area contributed by atoms with Crippen LogP contribution in [0.4, 0.5) is 11.4 Å². The first-order valence-electron chi connectivity index (χ1n) is 11.5. The Balaban J connectivity index is 1.27. The number of hydrogen-bond acceptors (Lipinski definition) is 4. The van der Waals surface area contributed by atoms with Gasteiger partial charge < -0.3 is 20.4 Å². The Kier molecular flexibility index (Phi) is 6.07. The molecule has 0 radical (unpaired) electrons. The molecule has 0 bridgehead atoms. The smallest absolute Gasteiger partial charge is 0.228 e. The summed E-state index contributed by atoms with van der Waals surface area (Å²) in [5.41, 5.74) is 2.88. The number of benzene rings is 2. The van der Waals surface area contributed by atoms with Gasteiger partial charge in [-0.15, -0.1) is 0 Å². The fourth-order valence-electron chi connectivity index (χ4n) is 4.79. The highest BCUT2D eigenvalue weighted by Gasteiger charge is 2.36. The number of hydrogen-bond donors (Lipinski definition) is 2. The number of anilines is 2. The Morgan fingerprint density at radius 1 is 1.00 bits per heavy atom. The molecule has 0 aromatic heterocycles. The van der Waals surface area contributed by atoms with Crippen LogP contribution in [0.25, 0.3) is 0 Å². The molecule has 2 unspecified atom stereocenters. The Bertz CT molecular complexity index is 1010. The minimum absolute atomic E-state index is 0.0391. The zero-order valence-electron chi connectivity index (χ0n) is 18.1. The van der Waals surface area contributed by atoms with Crippen LogP contribution in [0, 0.1) is 11.8 Å². The van der Waals surface area contributed by atoms with Crippen LogP contribution in [0.1, 0.15) is 30.9 Å². The van der Waals surface area contributed by atoms with E-state index in [1.807, 2.05) is 47.4 Å². The molecule has 2 heterocycles. The number of piperazine rings is 1. The molecule has 2 N–H and O–H groups in total. The SMILES string of the molecule is O=C(Nc1cccc(N2CCC(C(=O)N3CCNCC3c3ccccc3Cl)C2)c1)C1CC1. The van der Waals surface area contributed by atoms with E-state index >= 15 is 0 Å². The lowest BCUT2D eigenvalue weighted by Crippen LogP contribution is -2.50. The van der Waals surface area contributed by atoms with E-state index in [9.17, 15) is 9.59 Å². The lowest BCUT2D eigenvalue weighted by Gasteiger charge is -2.38. The highest BCUT2D eigenvalue weighted by molar-refractivity contribution is 6.31. The standard InChI is InChI=1S/C25H29ClN4O2/c26-22-7-2-1-6-21(22)23-15-27-11-13-30(23)25(32)18-10-12-29(16-18)20-5-3-4-19(14-20)28-24(31)17-8-9-17/h1-7,14,17-18,23,27H,8-13,15-16H2,(H,28,31). The number of nitrogens with zero attached hydrogens (tertiary/aromatic N) is 2. The van der Waals surface area contributed by atoms with E-state index in [0.717, 1.165) is 49.3 Å². The van der Waals surface area contributed by atoms with Gasteiger partial charge in [0.25, 0.3) is 0 Å². The molecule has 1 saturated carbocycles. The summed E-state index contributed by atoms with van der Waals surface area (Å²) in [7, 11) is 0. The highest BCUT2D eigenvalue weighted by atomic mass is 35.5. The predicted molar refractivity (Wildman–Crippen MR) is 127 cm³/mol. The van der Waals surface area contributed by atoms with Crippen LogP contribution in [0.3, 0.4) is 0 Å². The van der Waals surface area contributed by atoms with Gasteiger partial charge in [-0.1, -0.05) is 35.9 Å². The first-order valence-corrected chi connectivity index (χ1v) is 11.9. The van der Waals surface area contributed by atoms with Gasteiger partial charge in [0.05, 0.1) is 12.0 Å². The third-order valence-electron chi connectivity index (χ3n) is 6.76. The summed E-state index contributed by atoms with van der Waals surface area (Å²) in [6, 6.07) is 15.7. The monoisotopic (exact) mass is 452 g/mol. The molecular weight excluding hydrogens is 424 g/mol. The molecule has 1 aliphatic carbocycles. The van der Waals surface area contributed by atoms with Crippen LogP contribution < -0.4 is 15.5 Å². The van der Waals surface area contributed by atoms with Gasteiger partial charge in [0.1, 0.15) is 0 Å². The summed E-state index contributed by atoms with van der Waals surface area (Å²) in [4.78, 5) is 29.9. The van der Waals surface area contributed by atoms with Crippen molar-refractivity contribution < 1.29 is 9.59 Å². The summed E-state index contributed by atoms with van der Waals surface area (Å²) in [6.45, 7) is 3.73. The third kappa shape index (κ3) is 4.48. The molecule has 2 aromatic carbocycles. The summed E-state index contributed by atoms with van der Waals surface area (Å²) in [5, 5.41) is 7.14. The van der Waals surface area contributed by atoms with Crippen molar-refractivity contribution in [1.82, 2.24) is 10.2 Å². The lowest BCUT2D eigenvalue weighted by molar-refractivity contribution is -0.138. The molecule has 32 heavy (non-hydrogen) atoms.